The number of hydrogen-bond donors (Lipinski definition) is 8. The molecular formula is C30H44N4O7. The van der Waals surface area contributed by atoms with Crippen molar-refractivity contribution in [3.63, 3.8) is 0 Å². The third-order valence-electron chi connectivity index (χ3n) is 8.43. The maximum atomic E-state index is 14.0. The van der Waals surface area contributed by atoms with E-state index >= 15 is 0 Å². The van der Waals surface area contributed by atoms with E-state index in [2.05, 4.69) is 16.0 Å². The van der Waals surface area contributed by atoms with E-state index in [1.165, 1.54) is 0 Å². The van der Waals surface area contributed by atoms with Crippen molar-refractivity contribution in [1.82, 2.24) is 16.0 Å². The van der Waals surface area contributed by atoms with Crippen molar-refractivity contribution in [2.75, 3.05) is 26.4 Å². The lowest BCUT2D eigenvalue weighted by atomic mass is 9.72. The predicted octanol–water partition coefficient (Wildman–Crippen LogP) is -0.220. The second-order valence-electron chi connectivity index (χ2n) is 11.3. The zero-order valence-corrected chi connectivity index (χ0v) is 23.3. The molecular weight excluding hydrogens is 528 g/mol. The lowest BCUT2D eigenvalue weighted by Crippen LogP contribution is -2.61. The van der Waals surface area contributed by atoms with Gasteiger partial charge in [0.1, 0.15) is 30.7 Å². The van der Waals surface area contributed by atoms with Crippen LogP contribution in [0.5, 0.6) is 5.75 Å². The lowest BCUT2D eigenvalue weighted by molar-refractivity contribution is -0.138. The molecule has 1 heterocycles. The van der Waals surface area contributed by atoms with Gasteiger partial charge in [0.2, 0.25) is 5.91 Å². The molecule has 0 aromatic heterocycles. The fourth-order valence-electron chi connectivity index (χ4n) is 6.14. The van der Waals surface area contributed by atoms with Crippen molar-refractivity contribution in [2.24, 2.45) is 17.6 Å². The van der Waals surface area contributed by atoms with Crippen LogP contribution in [-0.2, 0) is 9.59 Å². The Morgan fingerprint density at radius 2 is 1.76 bits per heavy atom. The van der Waals surface area contributed by atoms with Gasteiger partial charge in [-0.2, -0.15) is 0 Å². The van der Waals surface area contributed by atoms with Gasteiger partial charge in [-0.15, -0.1) is 0 Å². The van der Waals surface area contributed by atoms with Gasteiger partial charge < -0.3 is 46.8 Å². The van der Waals surface area contributed by atoms with E-state index in [1.54, 1.807) is 6.07 Å². The number of nitrogens with two attached hydrogens (primary N) is 1. The van der Waals surface area contributed by atoms with Gasteiger partial charge in [-0.1, -0.05) is 55.7 Å². The first-order valence-electron chi connectivity index (χ1n) is 14.6. The van der Waals surface area contributed by atoms with E-state index in [0.29, 0.717) is 38.2 Å². The van der Waals surface area contributed by atoms with Crippen LogP contribution >= 0.6 is 0 Å². The van der Waals surface area contributed by atoms with Crippen LogP contribution in [0.1, 0.15) is 38.5 Å². The summed E-state index contributed by atoms with van der Waals surface area (Å²) < 4.78 is 6.02. The molecule has 2 aromatic rings. The van der Waals surface area contributed by atoms with Gasteiger partial charge in [0.25, 0.3) is 0 Å². The number of hydrogen-bond acceptors (Lipinski definition) is 10. The summed E-state index contributed by atoms with van der Waals surface area (Å²) in [6, 6.07) is 11.0. The molecule has 1 aliphatic carbocycles. The average molecular weight is 573 g/mol. The Morgan fingerprint density at radius 1 is 1.02 bits per heavy atom. The largest absolute Gasteiger partial charge is 0.485 e. The zero-order valence-electron chi connectivity index (χ0n) is 23.3. The van der Waals surface area contributed by atoms with Crippen LogP contribution < -0.4 is 26.4 Å². The summed E-state index contributed by atoms with van der Waals surface area (Å²) in [4.78, 5) is 27.3. The molecule has 1 amide bonds. The summed E-state index contributed by atoms with van der Waals surface area (Å²) in [5.74, 6) is -1.48. The Hall–Kier alpha value is -2.64. The van der Waals surface area contributed by atoms with Crippen molar-refractivity contribution >= 4 is 22.5 Å². The summed E-state index contributed by atoms with van der Waals surface area (Å²) in [6.45, 7) is 0.158. The SMILES string of the molecule is N[C@@H](CC1CNCN1)C(=O)N[C@@H](C(C(=O)COc1cccc2ccccc12)C1CCCCC1)[C@@H](O)[C@@H](O)[C@H](O)CO. The van der Waals surface area contributed by atoms with Gasteiger partial charge in [0, 0.05) is 30.6 Å². The van der Waals surface area contributed by atoms with Crippen LogP contribution in [0.3, 0.4) is 0 Å². The Kier molecular flexibility index (Phi) is 11.5. The fourth-order valence-corrected chi connectivity index (χ4v) is 6.14. The molecule has 0 spiro atoms. The highest BCUT2D eigenvalue weighted by atomic mass is 16.5. The zero-order chi connectivity index (χ0) is 29.4. The van der Waals surface area contributed by atoms with E-state index in [4.69, 9.17) is 10.5 Å². The number of aliphatic hydroxyl groups is 4. The molecule has 0 bridgehead atoms. The number of carbonyl (C=O) groups excluding carboxylic acids is 2. The number of fused-ring (bicyclic) bond motifs is 1. The average Bonchev–Trinajstić information content (AvgIpc) is 3.52. The first kappa shape index (κ1) is 31.3. The van der Waals surface area contributed by atoms with Crippen LogP contribution in [0.25, 0.3) is 10.8 Å². The number of ketones is 1. The molecule has 41 heavy (non-hydrogen) atoms. The standard InChI is InChI=1S/C30H44N4O7/c31-22(13-20-14-32-17-33-20)30(40)34-27(29(39)28(38)23(36)15-35)26(19-8-2-1-3-9-19)24(37)16-41-25-12-6-10-18-7-4-5-11-21(18)25/h4-7,10-12,19-20,22-23,26-29,32-33,35-36,38-39H,1-3,8-9,13-17,31H2,(H,34,40)/t20?,22-,23+,26?,27-,28-,29+/m0/s1. The van der Waals surface area contributed by atoms with E-state index in [-0.39, 0.29) is 24.3 Å². The first-order chi connectivity index (χ1) is 19.8. The van der Waals surface area contributed by atoms with Crippen molar-refractivity contribution in [2.45, 2.75) is 75.0 Å². The van der Waals surface area contributed by atoms with Gasteiger partial charge in [0.15, 0.2) is 5.78 Å². The van der Waals surface area contributed by atoms with Gasteiger partial charge in [-0.25, -0.2) is 0 Å². The van der Waals surface area contributed by atoms with E-state index in [9.17, 15) is 30.0 Å². The van der Waals surface area contributed by atoms with Crippen molar-refractivity contribution in [3.05, 3.63) is 42.5 Å². The third kappa shape index (κ3) is 8.01. The summed E-state index contributed by atoms with van der Waals surface area (Å²) in [7, 11) is 0. The highest BCUT2D eigenvalue weighted by Gasteiger charge is 2.44. The van der Waals surface area contributed by atoms with Gasteiger partial charge in [-0.3, -0.25) is 9.59 Å². The molecule has 1 aliphatic heterocycles. The minimum absolute atomic E-state index is 0.00852. The van der Waals surface area contributed by atoms with E-state index in [1.807, 2.05) is 36.4 Å². The number of Topliss-reactive ketones (excluding diaryl/α,β-unsaturated/α-hetero) is 1. The molecule has 7 atom stereocenters. The molecule has 2 unspecified atom stereocenters. The predicted molar refractivity (Wildman–Crippen MR) is 154 cm³/mol. The second-order valence-corrected chi connectivity index (χ2v) is 11.3. The van der Waals surface area contributed by atoms with Crippen LogP contribution in [0, 0.1) is 11.8 Å². The monoisotopic (exact) mass is 572 g/mol. The Balaban J connectivity index is 1.59. The third-order valence-corrected chi connectivity index (χ3v) is 8.43. The summed E-state index contributed by atoms with van der Waals surface area (Å²) >= 11 is 0. The van der Waals surface area contributed by atoms with Crippen LogP contribution in [0.15, 0.2) is 42.5 Å². The molecule has 2 aliphatic rings. The van der Waals surface area contributed by atoms with Gasteiger partial charge in [-0.05, 0) is 36.6 Å². The minimum Gasteiger partial charge on any atom is -0.485 e. The Morgan fingerprint density at radius 3 is 2.46 bits per heavy atom. The highest BCUT2D eigenvalue weighted by molar-refractivity contribution is 5.89. The number of amides is 1. The molecule has 1 saturated carbocycles. The van der Waals surface area contributed by atoms with Crippen molar-refractivity contribution in [1.29, 1.82) is 0 Å². The van der Waals surface area contributed by atoms with Gasteiger partial charge >= 0.3 is 0 Å². The molecule has 9 N–H and O–H groups in total. The van der Waals surface area contributed by atoms with E-state index < -0.39 is 48.8 Å². The number of ether oxygens (including phenoxy) is 1. The highest BCUT2D eigenvalue weighted by Crippen LogP contribution is 2.35. The molecule has 1 saturated heterocycles. The molecule has 11 heteroatoms. The normalized spacial score (nSPS) is 22.4. The quantitative estimate of drug-likeness (QED) is 0.150. The van der Waals surface area contributed by atoms with Crippen LogP contribution in [-0.4, -0.2) is 95.0 Å². The van der Waals surface area contributed by atoms with Crippen LogP contribution in [0.2, 0.25) is 0 Å². The Labute approximate surface area is 240 Å². The number of carbonyl (C=O) groups is 2. The lowest BCUT2D eigenvalue weighted by Gasteiger charge is -2.39. The summed E-state index contributed by atoms with van der Waals surface area (Å²) in [6.07, 6.45) is -0.695. The second kappa shape index (κ2) is 15.0. The molecule has 2 aromatic carbocycles. The number of rotatable bonds is 14. The maximum absolute atomic E-state index is 14.0. The Bertz CT molecular complexity index is 1130. The minimum atomic E-state index is -1.81. The topological polar surface area (TPSA) is 186 Å². The molecule has 2 fully saturated rings. The van der Waals surface area contributed by atoms with E-state index in [0.717, 1.165) is 30.0 Å². The summed E-state index contributed by atoms with van der Waals surface area (Å²) in [5.41, 5.74) is 6.23. The van der Waals surface area contributed by atoms with Crippen LogP contribution in [0.4, 0.5) is 0 Å². The van der Waals surface area contributed by atoms with Gasteiger partial charge in [0.05, 0.1) is 18.7 Å². The number of aliphatic hydroxyl groups excluding tert-OH is 4. The maximum Gasteiger partial charge on any atom is 0.237 e. The number of benzene rings is 2. The molecule has 0 radical (unpaired) electrons. The molecule has 11 nitrogen and oxygen atoms in total. The molecule has 4 rings (SSSR count). The smallest absolute Gasteiger partial charge is 0.237 e. The van der Waals surface area contributed by atoms with Crippen molar-refractivity contribution < 1.29 is 34.8 Å². The van der Waals surface area contributed by atoms with Crippen molar-refractivity contribution in [3.8, 4) is 5.75 Å². The molecule has 226 valence electrons. The fraction of sp³-hybridized carbons (Fsp3) is 0.600. The number of nitrogens with one attached hydrogen (secondary N) is 3. The first-order valence-corrected chi connectivity index (χ1v) is 14.6. The summed E-state index contributed by atoms with van der Waals surface area (Å²) in [5, 5.41) is 52.5.